The van der Waals surface area contributed by atoms with Gasteiger partial charge < -0.3 is 20.4 Å². The molecule has 4 aliphatic heterocycles. The molecule has 0 bridgehead atoms. The van der Waals surface area contributed by atoms with E-state index in [0.717, 1.165) is 75.8 Å². The molecule has 12 heteroatoms. The summed E-state index contributed by atoms with van der Waals surface area (Å²) in [6.07, 6.45) is 0. The summed E-state index contributed by atoms with van der Waals surface area (Å²) >= 11 is 7.50. The van der Waals surface area contributed by atoms with Gasteiger partial charge in [0.25, 0.3) is 0 Å². The van der Waals surface area contributed by atoms with Crippen LogP contribution in [-0.4, -0.2) is 117 Å². The maximum atomic E-state index is 4.85. The first-order chi connectivity index (χ1) is 16.5. The number of aliphatic imine (C=N–C) groups is 4. The molecule has 34 heavy (non-hydrogen) atoms. The highest BCUT2D eigenvalue weighted by Gasteiger charge is 2.25. The fourth-order valence-corrected chi connectivity index (χ4v) is 7.57. The molecule has 0 radical (unpaired) electrons. The van der Waals surface area contributed by atoms with E-state index in [1.54, 1.807) is 0 Å². The molecule has 4 heterocycles. The molecule has 4 atom stereocenters. The highest BCUT2D eigenvalue weighted by atomic mass is 32.2. The Kier molecular flexibility index (Phi) is 10.1. The Morgan fingerprint density at radius 3 is 1.29 bits per heavy atom. The van der Waals surface area contributed by atoms with E-state index in [9.17, 15) is 0 Å². The summed E-state index contributed by atoms with van der Waals surface area (Å²) in [5.74, 6) is 0. The van der Waals surface area contributed by atoms with Crippen LogP contribution in [0.4, 0.5) is 0 Å². The van der Waals surface area contributed by atoms with E-state index in [4.69, 9.17) is 9.98 Å². The molecule has 4 aliphatic rings. The molecule has 4 rings (SSSR count). The molecule has 8 nitrogen and oxygen atoms in total. The van der Waals surface area contributed by atoms with Crippen LogP contribution < -0.4 is 10.6 Å². The lowest BCUT2D eigenvalue weighted by Crippen LogP contribution is -2.44. The first-order valence-corrected chi connectivity index (χ1v) is 15.8. The molecule has 0 saturated carbocycles. The summed E-state index contributed by atoms with van der Waals surface area (Å²) in [7, 11) is 0. The Morgan fingerprint density at radius 2 is 0.971 bits per heavy atom. The lowest BCUT2D eigenvalue weighted by atomic mass is 10.4. The summed E-state index contributed by atoms with van der Waals surface area (Å²) < 4.78 is 0. The predicted octanol–water partition coefficient (Wildman–Crippen LogP) is 2.73. The molecule has 0 unspecified atom stereocenters. The van der Waals surface area contributed by atoms with E-state index in [-0.39, 0.29) is 0 Å². The second-order valence-electron chi connectivity index (χ2n) is 9.08. The van der Waals surface area contributed by atoms with Crippen LogP contribution >= 0.6 is 47.0 Å². The number of thioether (sulfide) groups is 4. The summed E-state index contributed by atoms with van der Waals surface area (Å²) in [5, 5.41) is 13.9. The Balaban J connectivity index is 1.31. The standard InChI is InChI=1S/C22H38N8S4/c1-15-11-25-19(31-15)23-5-7-29(21-27-13-17(3)33-21)9-10-30(22-28-14-18(4)34-22)8-6-24-20-26-12-16(2)32-20/h15-18H,5-14H2,1-4H3,(H,23,25)(H,24,26)/t15-,16+,17-,18-/m0/s1. The van der Waals surface area contributed by atoms with Gasteiger partial charge in [-0.3, -0.25) is 20.0 Å². The monoisotopic (exact) mass is 542 g/mol. The highest BCUT2D eigenvalue weighted by molar-refractivity contribution is 8.15. The second kappa shape index (κ2) is 13.0. The van der Waals surface area contributed by atoms with Gasteiger partial charge in [-0.05, 0) is 0 Å². The molecule has 0 fully saturated rings. The lowest BCUT2D eigenvalue weighted by molar-refractivity contribution is 0.349. The third-order valence-corrected chi connectivity index (χ3v) is 10.1. The van der Waals surface area contributed by atoms with Gasteiger partial charge in [0, 0.05) is 60.3 Å². The summed E-state index contributed by atoms with van der Waals surface area (Å²) in [6.45, 7) is 18.2. The number of amidine groups is 4. The van der Waals surface area contributed by atoms with Gasteiger partial charge in [0.05, 0.1) is 26.2 Å². The normalized spacial score (nSPS) is 28.5. The van der Waals surface area contributed by atoms with Crippen molar-refractivity contribution in [2.75, 3.05) is 65.4 Å². The van der Waals surface area contributed by atoms with Gasteiger partial charge in [-0.15, -0.1) is 0 Å². The van der Waals surface area contributed by atoms with Crippen LogP contribution in [0.15, 0.2) is 20.0 Å². The number of hydrogen-bond donors (Lipinski definition) is 2. The highest BCUT2D eigenvalue weighted by Crippen LogP contribution is 2.25. The van der Waals surface area contributed by atoms with Crippen LogP contribution in [0.5, 0.6) is 0 Å². The Hall–Kier alpha value is -0.720. The maximum Gasteiger partial charge on any atom is 0.159 e. The molecule has 2 N–H and O–H groups in total. The molecule has 0 aromatic heterocycles. The molecule has 0 aliphatic carbocycles. The Bertz CT molecular complexity index is 751. The van der Waals surface area contributed by atoms with E-state index in [1.165, 1.54) is 10.3 Å². The number of nitrogens with zero attached hydrogens (tertiary/aromatic N) is 6. The summed E-state index contributed by atoms with van der Waals surface area (Å²) in [6, 6.07) is 0. The SMILES string of the molecule is C[C@@H]1CN=C(NCCN(CCN(CCNC2=NC[C@H](C)S2)C2=NC[C@H](C)S2)C2=NC[C@H](C)S2)S1. The van der Waals surface area contributed by atoms with Crippen LogP contribution in [0.3, 0.4) is 0 Å². The molecule has 190 valence electrons. The fourth-order valence-electron chi connectivity index (χ4n) is 3.86. The maximum absolute atomic E-state index is 4.85. The van der Waals surface area contributed by atoms with Gasteiger partial charge in [0.1, 0.15) is 0 Å². The second-order valence-corrected chi connectivity index (χ2v) is 14.7. The molecule has 0 saturated heterocycles. The zero-order valence-corrected chi connectivity index (χ0v) is 24.0. The third kappa shape index (κ3) is 7.89. The quantitative estimate of drug-likeness (QED) is 0.461. The smallest absolute Gasteiger partial charge is 0.159 e. The molecule has 0 aromatic carbocycles. The lowest BCUT2D eigenvalue weighted by Gasteiger charge is -2.30. The average molecular weight is 543 g/mol. The third-order valence-electron chi connectivity index (χ3n) is 5.69. The van der Waals surface area contributed by atoms with E-state index in [2.05, 4.69) is 58.1 Å². The summed E-state index contributed by atoms with van der Waals surface area (Å²) in [5.41, 5.74) is 0. The van der Waals surface area contributed by atoms with Crippen molar-refractivity contribution in [3.63, 3.8) is 0 Å². The van der Waals surface area contributed by atoms with Crippen molar-refractivity contribution in [1.29, 1.82) is 0 Å². The van der Waals surface area contributed by atoms with Crippen molar-refractivity contribution < 1.29 is 0 Å². The number of nitrogens with one attached hydrogen (secondary N) is 2. The zero-order chi connectivity index (χ0) is 23.9. The van der Waals surface area contributed by atoms with E-state index in [1.807, 2.05) is 47.0 Å². The van der Waals surface area contributed by atoms with Crippen LogP contribution in [0, 0.1) is 0 Å². The van der Waals surface area contributed by atoms with Gasteiger partial charge >= 0.3 is 0 Å². The largest absolute Gasteiger partial charge is 0.363 e. The first kappa shape index (κ1) is 26.3. The molecular formula is C22H38N8S4. The molecule has 0 amide bonds. The molecular weight excluding hydrogens is 505 g/mol. The van der Waals surface area contributed by atoms with Crippen molar-refractivity contribution >= 4 is 67.7 Å². The first-order valence-electron chi connectivity index (χ1n) is 12.3. The van der Waals surface area contributed by atoms with Gasteiger partial charge in [0.2, 0.25) is 0 Å². The van der Waals surface area contributed by atoms with Crippen molar-refractivity contribution in [1.82, 2.24) is 20.4 Å². The van der Waals surface area contributed by atoms with Gasteiger partial charge in [-0.25, -0.2) is 0 Å². The van der Waals surface area contributed by atoms with Crippen molar-refractivity contribution in [3.05, 3.63) is 0 Å². The van der Waals surface area contributed by atoms with Crippen LogP contribution in [-0.2, 0) is 0 Å². The fraction of sp³-hybridized carbons (Fsp3) is 0.818. The average Bonchev–Trinajstić information content (AvgIpc) is 3.59. The van der Waals surface area contributed by atoms with Crippen molar-refractivity contribution in [3.8, 4) is 0 Å². The minimum atomic E-state index is 0.559. The van der Waals surface area contributed by atoms with Crippen LogP contribution in [0.2, 0.25) is 0 Å². The van der Waals surface area contributed by atoms with Gasteiger partial charge in [-0.2, -0.15) is 0 Å². The van der Waals surface area contributed by atoms with E-state index in [0.29, 0.717) is 21.0 Å². The molecule has 0 spiro atoms. The Labute approximate surface area is 221 Å². The zero-order valence-electron chi connectivity index (χ0n) is 20.7. The van der Waals surface area contributed by atoms with Gasteiger partial charge in [-0.1, -0.05) is 74.7 Å². The van der Waals surface area contributed by atoms with Crippen LogP contribution in [0.25, 0.3) is 0 Å². The van der Waals surface area contributed by atoms with Gasteiger partial charge in [0.15, 0.2) is 20.7 Å². The topological polar surface area (TPSA) is 80.0 Å². The van der Waals surface area contributed by atoms with Crippen LogP contribution in [0.1, 0.15) is 27.7 Å². The Morgan fingerprint density at radius 1 is 0.588 bits per heavy atom. The number of rotatable bonds is 9. The number of hydrogen-bond acceptors (Lipinski definition) is 12. The van der Waals surface area contributed by atoms with E-state index < -0.39 is 0 Å². The van der Waals surface area contributed by atoms with E-state index >= 15 is 0 Å². The van der Waals surface area contributed by atoms with Crippen molar-refractivity contribution in [2.24, 2.45) is 20.0 Å². The summed E-state index contributed by atoms with van der Waals surface area (Å²) in [4.78, 5) is 23.8. The predicted molar refractivity (Wildman–Crippen MR) is 157 cm³/mol. The molecule has 0 aromatic rings. The minimum absolute atomic E-state index is 0.559. The van der Waals surface area contributed by atoms with Crippen molar-refractivity contribution in [2.45, 2.75) is 48.7 Å². The minimum Gasteiger partial charge on any atom is -0.363 e.